The van der Waals surface area contributed by atoms with Crippen molar-refractivity contribution in [2.24, 2.45) is 0 Å². The third kappa shape index (κ3) is 2.23. The van der Waals surface area contributed by atoms with Gasteiger partial charge in [-0.1, -0.05) is 35.1 Å². The van der Waals surface area contributed by atoms with Gasteiger partial charge in [0.2, 0.25) is 0 Å². The van der Waals surface area contributed by atoms with Crippen LogP contribution in [0, 0.1) is 0 Å². The molecule has 2 heterocycles. The van der Waals surface area contributed by atoms with E-state index in [9.17, 15) is 9.90 Å². The van der Waals surface area contributed by atoms with Crippen LogP contribution in [0.4, 0.5) is 0 Å². The smallest absolute Gasteiger partial charge is 0.274 e. The van der Waals surface area contributed by atoms with Gasteiger partial charge in [-0.25, -0.2) is 9.38 Å². The molecule has 5 nitrogen and oxygen atoms in total. The van der Waals surface area contributed by atoms with E-state index in [1.165, 1.54) is 18.4 Å². The predicted molar refractivity (Wildman–Crippen MR) is 95.3 cm³/mol. The highest BCUT2D eigenvalue weighted by atomic mass is 35.5. The van der Waals surface area contributed by atoms with E-state index in [-0.39, 0.29) is 22.1 Å². The monoisotopic (exact) mass is 358 g/mol. The Morgan fingerprint density at radius 2 is 2.12 bits per heavy atom. The summed E-state index contributed by atoms with van der Waals surface area (Å²) in [5.74, 6) is 0.138. The lowest BCUT2D eigenvalue weighted by Gasteiger charge is -2.05. The summed E-state index contributed by atoms with van der Waals surface area (Å²) in [6.45, 7) is 0. The number of hydrogen-bond donors (Lipinski definition) is 1. The van der Waals surface area contributed by atoms with Crippen molar-refractivity contribution in [2.75, 3.05) is 7.11 Å². The van der Waals surface area contributed by atoms with E-state index in [0.29, 0.717) is 15.1 Å². The van der Waals surface area contributed by atoms with Crippen molar-refractivity contribution in [3.8, 4) is 11.5 Å². The van der Waals surface area contributed by atoms with E-state index in [2.05, 4.69) is 4.98 Å². The van der Waals surface area contributed by atoms with E-state index in [4.69, 9.17) is 16.3 Å². The molecule has 1 N–H and O–H groups in total. The zero-order valence-electron chi connectivity index (χ0n) is 12.5. The molecule has 0 radical (unpaired) electrons. The molecule has 0 fully saturated rings. The van der Waals surface area contributed by atoms with Crippen LogP contribution in [0.5, 0.6) is 11.5 Å². The van der Waals surface area contributed by atoms with Crippen LogP contribution >= 0.6 is 22.9 Å². The molecular formula is C17H11ClN2O3S. The Kier molecular flexibility index (Phi) is 3.44. The Morgan fingerprint density at radius 3 is 2.92 bits per heavy atom. The molecule has 120 valence electrons. The van der Waals surface area contributed by atoms with Crippen LogP contribution < -0.4 is 14.8 Å². The predicted octanol–water partition coefficient (Wildman–Crippen LogP) is 2.82. The number of para-hydroxylation sites is 2. The molecule has 7 heteroatoms. The summed E-state index contributed by atoms with van der Waals surface area (Å²) in [4.78, 5) is 17.8. The molecule has 0 saturated heterocycles. The minimum absolute atomic E-state index is 0.120. The fourth-order valence-electron chi connectivity index (χ4n) is 2.60. The van der Waals surface area contributed by atoms with E-state index < -0.39 is 0 Å². The molecule has 0 aliphatic rings. The van der Waals surface area contributed by atoms with Gasteiger partial charge in [0.15, 0.2) is 16.5 Å². The number of nitrogens with zero attached hydrogens (tertiary/aromatic N) is 2. The number of phenolic OH excluding ortho intramolecular Hbond substituents is 1. The fourth-order valence-corrected chi connectivity index (χ4v) is 3.80. The number of halogens is 1. The van der Waals surface area contributed by atoms with Gasteiger partial charge >= 0.3 is 0 Å². The van der Waals surface area contributed by atoms with E-state index in [1.54, 1.807) is 22.6 Å². The number of hydrogen-bond acceptors (Lipinski definition) is 5. The van der Waals surface area contributed by atoms with Crippen molar-refractivity contribution >= 4 is 45.0 Å². The maximum atomic E-state index is 12.7. The minimum Gasteiger partial charge on any atom is -0.503 e. The van der Waals surface area contributed by atoms with Gasteiger partial charge in [0.05, 0.1) is 27.7 Å². The van der Waals surface area contributed by atoms with E-state index in [1.807, 2.05) is 24.3 Å². The van der Waals surface area contributed by atoms with Gasteiger partial charge in [-0.05, 0) is 35.9 Å². The van der Waals surface area contributed by atoms with Gasteiger partial charge in [-0.15, -0.1) is 0 Å². The summed E-state index contributed by atoms with van der Waals surface area (Å²) in [5.41, 5.74) is 2.11. The summed E-state index contributed by atoms with van der Waals surface area (Å²) >= 11 is 7.30. The van der Waals surface area contributed by atoms with Crippen LogP contribution in [0.25, 0.3) is 22.1 Å². The molecular weight excluding hydrogens is 348 g/mol. The molecule has 2 aromatic carbocycles. The number of benzene rings is 2. The van der Waals surface area contributed by atoms with Crippen LogP contribution in [0.3, 0.4) is 0 Å². The number of rotatable bonds is 2. The molecule has 0 amide bonds. The first-order valence-corrected chi connectivity index (χ1v) is 8.26. The van der Waals surface area contributed by atoms with Gasteiger partial charge in [0.1, 0.15) is 0 Å². The molecule has 24 heavy (non-hydrogen) atoms. The summed E-state index contributed by atoms with van der Waals surface area (Å²) in [7, 11) is 1.44. The zero-order valence-corrected chi connectivity index (χ0v) is 14.1. The number of imidazole rings is 1. The third-order valence-corrected chi connectivity index (χ3v) is 4.97. The number of aromatic nitrogens is 2. The Morgan fingerprint density at radius 1 is 1.33 bits per heavy atom. The van der Waals surface area contributed by atoms with Crippen LogP contribution in [-0.2, 0) is 0 Å². The Hall–Kier alpha value is -2.57. The van der Waals surface area contributed by atoms with Crippen LogP contribution in [-0.4, -0.2) is 21.6 Å². The SMILES string of the molecule is COc1cc(C=c2sc3nc4ccccc4n3c2=O)cc(Cl)c1O. The molecule has 0 aliphatic carbocycles. The molecule has 0 atom stereocenters. The van der Waals surface area contributed by atoms with Gasteiger partial charge in [0.25, 0.3) is 5.56 Å². The Bertz CT molecular complexity index is 1200. The second-order valence-corrected chi connectivity index (χ2v) is 6.60. The van der Waals surface area contributed by atoms with Gasteiger partial charge in [0, 0.05) is 0 Å². The first kappa shape index (κ1) is 15.0. The first-order chi connectivity index (χ1) is 11.6. The topological polar surface area (TPSA) is 63.8 Å². The zero-order chi connectivity index (χ0) is 16.8. The van der Waals surface area contributed by atoms with Crippen molar-refractivity contribution in [1.82, 2.24) is 9.38 Å². The third-order valence-electron chi connectivity index (χ3n) is 3.71. The lowest BCUT2D eigenvalue weighted by atomic mass is 10.2. The molecule has 0 bridgehead atoms. The Balaban J connectivity index is 1.97. The molecule has 0 aliphatic heterocycles. The van der Waals surface area contributed by atoms with Gasteiger partial charge < -0.3 is 9.84 Å². The van der Waals surface area contributed by atoms with Crippen molar-refractivity contribution in [3.63, 3.8) is 0 Å². The highest BCUT2D eigenvalue weighted by Crippen LogP contribution is 2.35. The molecule has 0 unspecified atom stereocenters. The molecule has 0 saturated carbocycles. The normalized spacial score (nSPS) is 12.3. The summed E-state index contributed by atoms with van der Waals surface area (Å²) in [6, 6.07) is 10.7. The highest BCUT2D eigenvalue weighted by molar-refractivity contribution is 7.15. The summed E-state index contributed by atoms with van der Waals surface area (Å²) in [5, 5.41) is 9.96. The highest BCUT2D eigenvalue weighted by Gasteiger charge is 2.12. The van der Waals surface area contributed by atoms with Crippen molar-refractivity contribution in [3.05, 3.63) is 61.9 Å². The lowest BCUT2D eigenvalue weighted by Crippen LogP contribution is -2.22. The average Bonchev–Trinajstić information content (AvgIpc) is 3.07. The van der Waals surface area contributed by atoms with Crippen LogP contribution in [0.1, 0.15) is 5.56 Å². The maximum Gasteiger partial charge on any atom is 0.274 e. The van der Waals surface area contributed by atoms with Gasteiger partial charge in [-0.2, -0.15) is 0 Å². The number of methoxy groups -OCH3 is 1. The van der Waals surface area contributed by atoms with Crippen molar-refractivity contribution in [1.29, 1.82) is 0 Å². The van der Waals surface area contributed by atoms with Crippen LogP contribution in [0.2, 0.25) is 5.02 Å². The maximum absolute atomic E-state index is 12.7. The first-order valence-electron chi connectivity index (χ1n) is 7.06. The standard InChI is InChI=1S/C17H11ClN2O3S/c1-23-13-7-9(6-10(18)15(13)21)8-14-16(22)20-12-5-3-2-4-11(12)19-17(20)24-14/h2-8,21H,1H3. The van der Waals surface area contributed by atoms with Crippen LogP contribution in [0.15, 0.2) is 41.2 Å². The average molecular weight is 359 g/mol. The molecule has 4 rings (SSSR count). The van der Waals surface area contributed by atoms with Crippen molar-refractivity contribution < 1.29 is 9.84 Å². The largest absolute Gasteiger partial charge is 0.503 e. The molecule has 2 aromatic heterocycles. The number of ether oxygens (including phenoxy) is 1. The fraction of sp³-hybridized carbons (Fsp3) is 0.0588. The van der Waals surface area contributed by atoms with E-state index in [0.717, 1.165) is 11.0 Å². The quantitative estimate of drug-likeness (QED) is 0.598. The number of aromatic hydroxyl groups is 1. The molecule has 4 aromatic rings. The Labute approximate surface area is 145 Å². The number of fused-ring (bicyclic) bond motifs is 3. The van der Waals surface area contributed by atoms with Crippen molar-refractivity contribution in [2.45, 2.75) is 0 Å². The number of phenols is 1. The lowest BCUT2D eigenvalue weighted by molar-refractivity contribution is 0.373. The summed E-state index contributed by atoms with van der Waals surface area (Å²) in [6.07, 6.45) is 1.71. The van der Waals surface area contributed by atoms with Gasteiger partial charge in [-0.3, -0.25) is 4.79 Å². The second kappa shape index (κ2) is 5.51. The second-order valence-electron chi connectivity index (χ2n) is 5.19. The molecule has 0 spiro atoms. The van der Waals surface area contributed by atoms with E-state index >= 15 is 0 Å². The summed E-state index contributed by atoms with van der Waals surface area (Å²) < 4.78 is 7.23. The minimum atomic E-state index is -0.133. The number of thiazole rings is 1.